The van der Waals surface area contributed by atoms with Gasteiger partial charge in [0.25, 0.3) is 0 Å². The van der Waals surface area contributed by atoms with Gasteiger partial charge in [0.05, 0.1) is 13.1 Å². The normalized spacial score (nSPS) is 13.0. The molecule has 0 fully saturated rings. The molecule has 1 unspecified atom stereocenters. The number of rotatable bonds is 7. The number of aliphatic imine (C=N–C) groups is 1. The molecule has 136 valence electrons. The summed E-state index contributed by atoms with van der Waals surface area (Å²) in [5.74, 6) is 1.56. The van der Waals surface area contributed by atoms with Gasteiger partial charge in [-0.2, -0.15) is 8.78 Å². The van der Waals surface area contributed by atoms with Crippen molar-refractivity contribution >= 4 is 5.96 Å². The number of halogens is 2. The van der Waals surface area contributed by atoms with E-state index < -0.39 is 6.55 Å². The van der Waals surface area contributed by atoms with Crippen molar-refractivity contribution in [1.82, 2.24) is 20.2 Å². The number of alkyl halides is 2. The fraction of sp³-hybridized carbons (Fsp3) is 0.412. The van der Waals surface area contributed by atoms with Crippen LogP contribution in [0.5, 0.6) is 5.75 Å². The summed E-state index contributed by atoms with van der Waals surface area (Å²) in [5.41, 5.74) is 1.07. The van der Waals surface area contributed by atoms with E-state index in [0.717, 1.165) is 15.9 Å². The Morgan fingerprint density at radius 2 is 2.08 bits per heavy atom. The molecule has 0 aliphatic rings. The number of hydrogen-bond donors (Lipinski definition) is 2. The number of aryl methyl sites for hydroxylation is 1. The highest BCUT2D eigenvalue weighted by Crippen LogP contribution is 2.17. The second-order valence-corrected chi connectivity index (χ2v) is 5.53. The third kappa shape index (κ3) is 5.44. The van der Waals surface area contributed by atoms with Gasteiger partial charge in [-0.15, -0.1) is 0 Å². The van der Waals surface area contributed by atoms with Gasteiger partial charge in [0.1, 0.15) is 17.7 Å². The van der Waals surface area contributed by atoms with Crippen molar-refractivity contribution < 1.29 is 13.5 Å². The van der Waals surface area contributed by atoms with Gasteiger partial charge in [0.15, 0.2) is 5.96 Å². The van der Waals surface area contributed by atoms with Crippen molar-refractivity contribution in [2.24, 2.45) is 4.99 Å². The maximum absolute atomic E-state index is 12.8. The van der Waals surface area contributed by atoms with E-state index in [1.54, 1.807) is 7.05 Å². The first-order valence-electron chi connectivity index (χ1n) is 7.98. The van der Waals surface area contributed by atoms with Crippen LogP contribution in [0.1, 0.15) is 24.9 Å². The van der Waals surface area contributed by atoms with Crippen LogP contribution in [-0.2, 0) is 6.54 Å². The lowest BCUT2D eigenvalue weighted by Gasteiger charge is -2.18. The summed E-state index contributed by atoms with van der Waals surface area (Å²) in [7, 11) is 1.61. The average molecular weight is 351 g/mol. The number of imidazole rings is 1. The summed E-state index contributed by atoms with van der Waals surface area (Å²) < 4.78 is 32.3. The number of hydrogen-bond acceptors (Lipinski definition) is 3. The van der Waals surface area contributed by atoms with E-state index in [2.05, 4.69) is 20.6 Å². The second kappa shape index (κ2) is 9.00. The van der Waals surface area contributed by atoms with E-state index in [4.69, 9.17) is 4.74 Å². The molecule has 1 aromatic carbocycles. The van der Waals surface area contributed by atoms with Gasteiger partial charge in [-0.25, -0.2) is 4.98 Å². The summed E-state index contributed by atoms with van der Waals surface area (Å²) in [4.78, 5) is 7.99. The summed E-state index contributed by atoms with van der Waals surface area (Å²) in [5, 5.41) is 6.07. The van der Waals surface area contributed by atoms with Gasteiger partial charge >= 0.3 is 6.55 Å². The fourth-order valence-electron chi connectivity index (χ4n) is 2.23. The average Bonchev–Trinajstić information content (AvgIpc) is 3.06. The van der Waals surface area contributed by atoms with Crippen LogP contribution in [0, 0.1) is 6.92 Å². The summed E-state index contributed by atoms with van der Waals surface area (Å²) in [6.07, 6.45) is 2.50. The van der Waals surface area contributed by atoms with Crippen LogP contribution in [0.4, 0.5) is 8.78 Å². The largest absolute Gasteiger partial charge is 0.489 e. The highest BCUT2D eigenvalue weighted by molar-refractivity contribution is 5.79. The molecule has 2 N–H and O–H groups in total. The molecule has 1 aromatic heterocycles. The number of benzene rings is 1. The maximum atomic E-state index is 12.8. The van der Waals surface area contributed by atoms with Gasteiger partial charge in [-0.3, -0.25) is 9.56 Å². The quantitative estimate of drug-likeness (QED) is 0.595. The molecular weight excluding hydrogens is 328 g/mol. The van der Waals surface area contributed by atoms with Crippen LogP contribution in [0.2, 0.25) is 0 Å². The Morgan fingerprint density at radius 1 is 1.32 bits per heavy atom. The third-order valence-corrected chi connectivity index (χ3v) is 3.58. The van der Waals surface area contributed by atoms with Crippen molar-refractivity contribution in [3.8, 4) is 5.75 Å². The Labute approximate surface area is 145 Å². The molecule has 8 heteroatoms. The molecule has 6 nitrogen and oxygen atoms in total. The van der Waals surface area contributed by atoms with Crippen LogP contribution in [0.25, 0.3) is 0 Å². The number of guanidine groups is 1. The molecule has 0 saturated heterocycles. The van der Waals surface area contributed by atoms with E-state index in [1.165, 1.54) is 12.4 Å². The first-order valence-corrected chi connectivity index (χ1v) is 7.98. The first kappa shape index (κ1) is 18.7. The van der Waals surface area contributed by atoms with Crippen molar-refractivity contribution in [1.29, 1.82) is 0 Å². The van der Waals surface area contributed by atoms with E-state index in [1.807, 2.05) is 38.1 Å². The van der Waals surface area contributed by atoms with Crippen LogP contribution in [0.3, 0.4) is 0 Å². The fourth-order valence-corrected chi connectivity index (χ4v) is 2.23. The number of aromatic nitrogens is 2. The molecule has 1 atom stereocenters. The van der Waals surface area contributed by atoms with Crippen molar-refractivity contribution in [2.45, 2.75) is 33.0 Å². The Hall–Kier alpha value is -2.64. The van der Waals surface area contributed by atoms with Gasteiger partial charge < -0.3 is 15.4 Å². The summed E-state index contributed by atoms with van der Waals surface area (Å²) >= 11 is 0. The molecule has 0 amide bonds. The highest BCUT2D eigenvalue weighted by atomic mass is 19.3. The van der Waals surface area contributed by atoms with Crippen molar-refractivity contribution in [3.63, 3.8) is 0 Å². The third-order valence-electron chi connectivity index (χ3n) is 3.58. The van der Waals surface area contributed by atoms with Gasteiger partial charge in [0.2, 0.25) is 0 Å². The molecule has 0 radical (unpaired) electrons. The Balaban J connectivity index is 1.82. The number of ether oxygens (including phenoxy) is 1. The number of nitrogens with zero attached hydrogens (tertiary/aromatic N) is 3. The lowest BCUT2D eigenvalue weighted by atomic mass is 10.2. The zero-order valence-electron chi connectivity index (χ0n) is 14.5. The zero-order chi connectivity index (χ0) is 18.2. The molecule has 2 rings (SSSR count). The lowest BCUT2D eigenvalue weighted by Crippen LogP contribution is -2.41. The number of nitrogens with one attached hydrogen (secondary N) is 2. The lowest BCUT2D eigenvalue weighted by molar-refractivity contribution is 0.0668. The van der Waals surface area contributed by atoms with E-state index in [0.29, 0.717) is 12.5 Å². The highest BCUT2D eigenvalue weighted by Gasteiger charge is 2.12. The minimum absolute atomic E-state index is 0.0947. The molecule has 0 aliphatic carbocycles. The summed E-state index contributed by atoms with van der Waals surface area (Å²) in [6.45, 7) is 1.97. The molecule has 0 spiro atoms. The topological polar surface area (TPSA) is 63.5 Å². The maximum Gasteiger partial charge on any atom is 0.319 e. The monoisotopic (exact) mass is 351 g/mol. The van der Waals surface area contributed by atoms with Crippen molar-refractivity contribution in [3.05, 3.63) is 48.0 Å². The standard InChI is InChI=1S/C17H23F2N5O/c1-12-6-4-5-7-14(12)25-13(2)10-22-17(20-3)23-11-15-21-8-9-24(15)16(18)19/h4-9,13,16H,10-11H2,1-3H3,(H2,20,22,23). The van der Waals surface area contributed by atoms with Gasteiger partial charge in [0, 0.05) is 19.4 Å². The van der Waals surface area contributed by atoms with Crippen LogP contribution in [-0.4, -0.2) is 35.2 Å². The SMILES string of the molecule is CN=C(NCc1nccn1C(F)F)NCC(C)Oc1ccccc1C. The second-order valence-electron chi connectivity index (χ2n) is 5.53. The molecule has 25 heavy (non-hydrogen) atoms. The predicted octanol–water partition coefficient (Wildman–Crippen LogP) is 2.72. The molecular formula is C17H23F2N5O. The number of para-hydroxylation sites is 1. The Kier molecular flexibility index (Phi) is 6.73. The van der Waals surface area contributed by atoms with Crippen molar-refractivity contribution in [2.75, 3.05) is 13.6 Å². The van der Waals surface area contributed by atoms with Crippen LogP contribution >= 0.6 is 0 Å². The molecule has 0 bridgehead atoms. The molecule has 0 aliphatic heterocycles. The molecule has 2 aromatic rings. The Morgan fingerprint density at radius 3 is 2.76 bits per heavy atom. The van der Waals surface area contributed by atoms with Crippen LogP contribution < -0.4 is 15.4 Å². The predicted molar refractivity (Wildman–Crippen MR) is 93.0 cm³/mol. The Bertz CT molecular complexity index is 702. The van der Waals surface area contributed by atoms with Crippen LogP contribution in [0.15, 0.2) is 41.7 Å². The van der Waals surface area contributed by atoms with E-state index >= 15 is 0 Å². The van der Waals surface area contributed by atoms with Gasteiger partial charge in [-0.1, -0.05) is 18.2 Å². The molecule has 1 heterocycles. The minimum Gasteiger partial charge on any atom is -0.489 e. The van der Waals surface area contributed by atoms with Gasteiger partial charge in [-0.05, 0) is 25.5 Å². The first-order chi connectivity index (χ1) is 12.0. The van der Waals surface area contributed by atoms with E-state index in [-0.39, 0.29) is 18.5 Å². The molecule has 0 saturated carbocycles. The van der Waals surface area contributed by atoms with E-state index in [9.17, 15) is 8.78 Å². The smallest absolute Gasteiger partial charge is 0.319 e. The summed E-state index contributed by atoms with van der Waals surface area (Å²) in [6, 6.07) is 7.79. The zero-order valence-corrected chi connectivity index (χ0v) is 14.5. The minimum atomic E-state index is -2.61.